The van der Waals surface area contributed by atoms with Crippen LogP contribution < -0.4 is 5.73 Å². The third kappa shape index (κ3) is 1.78. The summed E-state index contributed by atoms with van der Waals surface area (Å²) in [6, 6.07) is 3.05. The Morgan fingerprint density at radius 2 is 2.00 bits per heavy atom. The van der Waals surface area contributed by atoms with Gasteiger partial charge in [0.2, 0.25) is 0 Å². The monoisotopic (exact) mass is 243 g/mol. The van der Waals surface area contributed by atoms with Gasteiger partial charge >= 0.3 is 0 Å². The van der Waals surface area contributed by atoms with Crippen molar-refractivity contribution in [3.05, 3.63) is 28.5 Å². The molecule has 0 aromatic heterocycles. The molecule has 0 spiro atoms. The lowest BCUT2D eigenvalue weighted by Gasteiger charge is -2.28. The Morgan fingerprint density at radius 3 is 2.50 bits per heavy atom. The maximum atomic E-state index is 13.2. The topological polar surface area (TPSA) is 46.2 Å². The van der Waals surface area contributed by atoms with Crippen molar-refractivity contribution < 1.29 is 9.50 Å². The van der Waals surface area contributed by atoms with E-state index in [1.807, 2.05) is 0 Å². The van der Waals surface area contributed by atoms with Gasteiger partial charge in [0, 0.05) is 12.0 Å². The van der Waals surface area contributed by atoms with Crippen LogP contribution in [-0.4, -0.2) is 11.7 Å². The predicted octanol–water partition coefficient (Wildman–Crippen LogP) is 2.96. The number of rotatable bonds is 2. The number of hydrogen-bond acceptors (Lipinski definition) is 2. The van der Waals surface area contributed by atoms with Crippen molar-refractivity contribution in [3.8, 4) is 5.75 Å². The Balaban J connectivity index is 2.47. The Labute approximate surface area is 99.2 Å². The van der Waals surface area contributed by atoms with E-state index in [-0.39, 0.29) is 16.2 Å². The molecule has 0 aliphatic heterocycles. The molecular weight excluding hydrogens is 229 g/mol. The van der Waals surface area contributed by atoms with Gasteiger partial charge < -0.3 is 10.8 Å². The first kappa shape index (κ1) is 11.7. The summed E-state index contributed by atoms with van der Waals surface area (Å²) in [4.78, 5) is 0. The molecule has 88 valence electrons. The Morgan fingerprint density at radius 1 is 1.38 bits per heavy atom. The summed E-state index contributed by atoms with van der Waals surface area (Å²) in [6.07, 6.45) is 4.19. The summed E-state index contributed by atoms with van der Waals surface area (Å²) >= 11 is 5.74. The van der Waals surface area contributed by atoms with Crippen molar-refractivity contribution in [2.24, 2.45) is 5.73 Å². The SMILES string of the molecule is NCC1(c2cc(O)c(F)c(Cl)c2)CCCC1. The fourth-order valence-electron chi connectivity index (χ4n) is 2.54. The van der Waals surface area contributed by atoms with Crippen molar-refractivity contribution >= 4 is 11.6 Å². The average Bonchev–Trinajstić information content (AvgIpc) is 2.75. The molecule has 0 unspecified atom stereocenters. The fourth-order valence-corrected chi connectivity index (χ4v) is 2.76. The number of nitrogens with two attached hydrogens (primary N) is 1. The number of aromatic hydroxyl groups is 1. The number of phenolic OH excluding ortho intramolecular Hbond substituents is 1. The van der Waals surface area contributed by atoms with Crippen LogP contribution in [0.2, 0.25) is 5.02 Å². The molecule has 1 aliphatic rings. The van der Waals surface area contributed by atoms with Gasteiger partial charge in [0.25, 0.3) is 0 Å². The van der Waals surface area contributed by atoms with Crippen LogP contribution in [0.3, 0.4) is 0 Å². The second-order valence-corrected chi connectivity index (χ2v) is 4.89. The van der Waals surface area contributed by atoms with Gasteiger partial charge in [-0.2, -0.15) is 0 Å². The van der Waals surface area contributed by atoms with Crippen LogP contribution in [0.5, 0.6) is 5.75 Å². The van der Waals surface area contributed by atoms with E-state index in [1.54, 1.807) is 6.07 Å². The quantitative estimate of drug-likeness (QED) is 0.839. The lowest BCUT2D eigenvalue weighted by Crippen LogP contribution is -2.32. The van der Waals surface area contributed by atoms with E-state index in [1.165, 1.54) is 6.07 Å². The van der Waals surface area contributed by atoms with Crippen LogP contribution >= 0.6 is 11.6 Å². The second kappa shape index (κ2) is 4.22. The van der Waals surface area contributed by atoms with Gasteiger partial charge in [0.1, 0.15) is 0 Å². The minimum atomic E-state index is -0.754. The molecule has 3 N–H and O–H groups in total. The molecule has 0 atom stereocenters. The van der Waals surface area contributed by atoms with Crippen LogP contribution in [-0.2, 0) is 5.41 Å². The molecule has 1 fully saturated rings. The minimum Gasteiger partial charge on any atom is -0.505 e. The van der Waals surface area contributed by atoms with E-state index >= 15 is 0 Å². The molecule has 2 rings (SSSR count). The Hall–Kier alpha value is -0.800. The van der Waals surface area contributed by atoms with Crippen LogP contribution in [0, 0.1) is 5.82 Å². The third-order valence-electron chi connectivity index (χ3n) is 3.57. The first-order valence-corrected chi connectivity index (χ1v) is 5.85. The summed E-state index contributed by atoms with van der Waals surface area (Å²) in [5, 5.41) is 9.42. The van der Waals surface area contributed by atoms with Crippen LogP contribution in [0.15, 0.2) is 12.1 Å². The van der Waals surface area contributed by atoms with Gasteiger partial charge in [-0.1, -0.05) is 24.4 Å². The van der Waals surface area contributed by atoms with Gasteiger partial charge in [0.15, 0.2) is 11.6 Å². The van der Waals surface area contributed by atoms with Gasteiger partial charge in [-0.25, -0.2) is 4.39 Å². The van der Waals surface area contributed by atoms with E-state index in [0.29, 0.717) is 6.54 Å². The molecule has 1 saturated carbocycles. The van der Waals surface area contributed by atoms with Gasteiger partial charge in [-0.3, -0.25) is 0 Å². The summed E-state index contributed by atoms with van der Waals surface area (Å²) in [5.41, 5.74) is 6.55. The minimum absolute atomic E-state index is 0.0327. The highest BCUT2D eigenvalue weighted by atomic mass is 35.5. The third-order valence-corrected chi connectivity index (χ3v) is 3.85. The molecule has 2 nitrogen and oxygen atoms in total. The van der Waals surface area contributed by atoms with Crippen LogP contribution in [0.1, 0.15) is 31.2 Å². The standard InChI is InChI=1S/C12H15ClFNO/c13-9-5-8(6-10(16)11(9)14)12(7-15)3-1-2-4-12/h5-6,16H,1-4,7,15H2. The van der Waals surface area contributed by atoms with Crippen molar-refractivity contribution in [2.75, 3.05) is 6.54 Å². The summed E-state index contributed by atoms with van der Waals surface area (Å²) in [6.45, 7) is 0.508. The van der Waals surface area contributed by atoms with Crippen LogP contribution in [0.25, 0.3) is 0 Å². The molecule has 0 radical (unpaired) electrons. The zero-order valence-electron chi connectivity index (χ0n) is 8.97. The molecule has 0 bridgehead atoms. The first-order valence-electron chi connectivity index (χ1n) is 5.48. The highest BCUT2D eigenvalue weighted by Gasteiger charge is 2.35. The fraction of sp³-hybridized carbons (Fsp3) is 0.500. The molecule has 1 aromatic carbocycles. The maximum Gasteiger partial charge on any atom is 0.183 e. The molecular formula is C12H15ClFNO. The first-order chi connectivity index (χ1) is 7.59. The van der Waals surface area contributed by atoms with Crippen LogP contribution in [0.4, 0.5) is 4.39 Å². The predicted molar refractivity (Wildman–Crippen MR) is 62.3 cm³/mol. The number of hydrogen-bond donors (Lipinski definition) is 2. The Bertz CT molecular complexity index is 379. The molecule has 0 saturated heterocycles. The zero-order chi connectivity index (χ0) is 11.8. The molecule has 1 aromatic rings. The maximum absolute atomic E-state index is 13.2. The summed E-state index contributed by atoms with van der Waals surface area (Å²) in [7, 11) is 0. The van der Waals surface area contributed by atoms with Crippen molar-refractivity contribution in [3.63, 3.8) is 0 Å². The number of halogens is 2. The molecule has 16 heavy (non-hydrogen) atoms. The summed E-state index contributed by atoms with van der Waals surface area (Å²) in [5.74, 6) is -1.14. The number of phenols is 1. The van der Waals surface area contributed by atoms with E-state index in [4.69, 9.17) is 17.3 Å². The largest absolute Gasteiger partial charge is 0.505 e. The lowest BCUT2D eigenvalue weighted by atomic mass is 9.79. The van der Waals surface area contributed by atoms with Crippen molar-refractivity contribution in [2.45, 2.75) is 31.1 Å². The van der Waals surface area contributed by atoms with Crippen molar-refractivity contribution in [1.29, 1.82) is 0 Å². The summed E-state index contributed by atoms with van der Waals surface area (Å²) < 4.78 is 13.2. The van der Waals surface area contributed by atoms with E-state index in [2.05, 4.69) is 0 Å². The second-order valence-electron chi connectivity index (χ2n) is 4.48. The number of benzene rings is 1. The molecule has 4 heteroatoms. The highest BCUT2D eigenvalue weighted by Crippen LogP contribution is 2.42. The normalized spacial score (nSPS) is 18.9. The van der Waals surface area contributed by atoms with Gasteiger partial charge in [-0.05, 0) is 30.5 Å². The smallest absolute Gasteiger partial charge is 0.183 e. The van der Waals surface area contributed by atoms with E-state index in [9.17, 15) is 9.50 Å². The zero-order valence-corrected chi connectivity index (χ0v) is 9.73. The van der Waals surface area contributed by atoms with Gasteiger partial charge in [0.05, 0.1) is 5.02 Å². The van der Waals surface area contributed by atoms with Crippen molar-refractivity contribution in [1.82, 2.24) is 0 Å². The average molecular weight is 244 g/mol. The molecule has 0 heterocycles. The Kier molecular flexibility index (Phi) is 3.08. The van der Waals surface area contributed by atoms with Gasteiger partial charge in [-0.15, -0.1) is 0 Å². The van der Waals surface area contributed by atoms with E-state index < -0.39 is 5.82 Å². The molecule has 1 aliphatic carbocycles. The highest BCUT2D eigenvalue weighted by molar-refractivity contribution is 6.31. The lowest BCUT2D eigenvalue weighted by molar-refractivity contribution is 0.418. The van der Waals surface area contributed by atoms with E-state index in [0.717, 1.165) is 31.2 Å². The molecule has 0 amide bonds.